The van der Waals surface area contributed by atoms with Gasteiger partial charge in [-0.15, -0.1) is 11.3 Å². The van der Waals surface area contributed by atoms with Crippen LogP contribution in [0.1, 0.15) is 22.5 Å². The number of sulfonamides is 1. The van der Waals surface area contributed by atoms with Gasteiger partial charge < -0.3 is 9.80 Å². The number of hydrogen-bond donors (Lipinski definition) is 0. The molecule has 2 fully saturated rings. The predicted molar refractivity (Wildman–Crippen MR) is 118 cm³/mol. The van der Waals surface area contributed by atoms with Crippen molar-refractivity contribution in [1.29, 1.82) is 0 Å². The van der Waals surface area contributed by atoms with Crippen LogP contribution >= 0.6 is 22.7 Å². The van der Waals surface area contributed by atoms with E-state index in [2.05, 4.69) is 14.9 Å². The molecule has 5 rings (SSSR count). The molecule has 0 atom stereocenters. The molecule has 11 heteroatoms. The number of fused-ring (bicyclic) bond motifs is 1. The van der Waals surface area contributed by atoms with Gasteiger partial charge >= 0.3 is 0 Å². The van der Waals surface area contributed by atoms with Gasteiger partial charge in [0.1, 0.15) is 20.1 Å². The number of carbonyl (C=O) groups excluding carboxylic acids is 1. The maximum atomic E-state index is 13.1. The summed E-state index contributed by atoms with van der Waals surface area (Å²) in [5.74, 6) is -0.201. The first-order valence-corrected chi connectivity index (χ1v) is 13.0. The summed E-state index contributed by atoms with van der Waals surface area (Å²) in [6, 6.07) is 5.38. The molecule has 5 heterocycles. The number of thiophene rings is 1. The molecule has 0 aliphatic carbocycles. The summed E-state index contributed by atoms with van der Waals surface area (Å²) in [6.07, 6.45) is 3.50. The molecule has 2 aliphatic heterocycles. The van der Waals surface area contributed by atoms with Gasteiger partial charge in [0, 0.05) is 45.5 Å². The number of nitrogens with zero attached hydrogens (tertiary/aromatic N) is 5. The Kier molecular flexibility index (Phi) is 5.21. The summed E-state index contributed by atoms with van der Waals surface area (Å²) in [7, 11) is -3.61. The van der Waals surface area contributed by atoms with Crippen molar-refractivity contribution in [1.82, 2.24) is 19.2 Å². The van der Waals surface area contributed by atoms with Gasteiger partial charge in [0.2, 0.25) is 10.0 Å². The Hall–Kier alpha value is -2.08. The van der Waals surface area contributed by atoms with Crippen molar-refractivity contribution >= 4 is 54.1 Å². The highest BCUT2D eigenvalue weighted by atomic mass is 32.2. The third kappa shape index (κ3) is 3.49. The Labute approximate surface area is 182 Å². The number of rotatable bonds is 4. The zero-order valence-corrected chi connectivity index (χ0v) is 18.7. The first kappa shape index (κ1) is 19.9. The standard InChI is InChI=1S/C19H21N5O3S3/c25-18(16-15(5-13-28-16)30(26,27)24-7-1-2-8-24)22-9-11-23(12-10-22)19-21-14-4-3-6-20-17(14)29-19/h3-6,13H,1-2,7-12H2. The van der Waals surface area contributed by atoms with Crippen molar-refractivity contribution in [3.05, 3.63) is 34.7 Å². The minimum absolute atomic E-state index is 0.152. The molecule has 0 unspecified atom stereocenters. The minimum atomic E-state index is -3.61. The van der Waals surface area contributed by atoms with E-state index in [4.69, 9.17) is 0 Å². The normalized spacial score (nSPS) is 18.4. The molecule has 0 N–H and O–H groups in total. The third-order valence-corrected chi connectivity index (χ3v) is 9.51. The van der Waals surface area contributed by atoms with Gasteiger partial charge in [-0.3, -0.25) is 4.79 Å². The fourth-order valence-corrected chi connectivity index (χ4v) is 7.70. The molecule has 2 saturated heterocycles. The van der Waals surface area contributed by atoms with E-state index in [1.54, 1.807) is 33.9 Å². The Morgan fingerprint density at radius 3 is 2.53 bits per heavy atom. The summed E-state index contributed by atoms with van der Waals surface area (Å²) in [5.41, 5.74) is 0.881. The molecular weight excluding hydrogens is 442 g/mol. The topological polar surface area (TPSA) is 86.7 Å². The highest BCUT2D eigenvalue weighted by molar-refractivity contribution is 7.89. The maximum Gasteiger partial charge on any atom is 0.265 e. The second-order valence-corrected chi connectivity index (χ2v) is 11.1. The lowest BCUT2D eigenvalue weighted by Gasteiger charge is -2.34. The SMILES string of the molecule is O=C(c1sccc1S(=O)(=O)N1CCCC1)N1CCN(c2nc3cccnc3s2)CC1. The average Bonchev–Trinajstić information content (AvgIpc) is 3.53. The van der Waals surface area contributed by atoms with Crippen molar-refractivity contribution in [3.63, 3.8) is 0 Å². The number of aromatic nitrogens is 2. The van der Waals surface area contributed by atoms with Crippen LogP contribution in [0.5, 0.6) is 0 Å². The van der Waals surface area contributed by atoms with Crippen molar-refractivity contribution in [3.8, 4) is 0 Å². The van der Waals surface area contributed by atoms with Crippen LogP contribution in [0, 0.1) is 0 Å². The van der Waals surface area contributed by atoms with E-state index in [1.807, 2.05) is 12.1 Å². The zero-order valence-electron chi connectivity index (χ0n) is 16.2. The molecule has 158 valence electrons. The maximum absolute atomic E-state index is 13.1. The fraction of sp³-hybridized carbons (Fsp3) is 0.421. The van der Waals surface area contributed by atoms with E-state index in [0.717, 1.165) is 28.3 Å². The summed E-state index contributed by atoms with van der Waals surface area (Å²) < 4.78 is 27.4. The van der Waals surface area contributed by atoms with Crippen LogP contribution in [0.15, 0.2) is 34.7 Å². The molecular formula is C19H21N5O3S3. The molecule has 0 aromatic carbocycles. The van der Waals surface area contributed by atoms with Gasteiger partial charge in [-0.05, 0) is 36.4 Å². The van der Waals surface area contributed by atoms with Gasteiger partial charge in [-0.25, -0.2) is 18.4 Å². The third-order valence-electron chi connectivity index (χ3n) is 5.50. The highest BCUT2D eigenvalue weighted by Crippen LogP contribution is 2.30. The second-order valence-electron chi connectivity index (χ2n) is 7.33. The number of pyridine rings is 1. The van der Waals surface area contributed by atoms with E-state index in [-0.39, 0.29) is 10.8 Å². The number of piperazine rings is 1. The summed E-state index contributed by atoms with van der Waals surface area (Å²) in [6.45, 7) is 3.44. The lowest BCUT2D eigenvalue weighted by atomic mass is 10.3. The zero-order chi connectivity index (χ0) is 20.7. The van der Waals surface area contributed by atoms with E-state index in [1.165, 1.54) is 15.6 Å². The van der Waals surface area contributed by atoms with Crippen LogP contribution in [-0.4, -0.2) is 72.8 Å². The number of hydrogen-bond acceptors (Lipinski definition) is 8. The van der Waals surface area contributed by atoms with Gasteiger partial charge in [0.05, 0.1) is 0 Å². The quantitative estimate of drug-likeness (QED) is 0.591. The molecule has 2 aliphatic rings. The van der Waals surface area contributed by atoms with Crippen molar-refractivity contribution < 1.29 is 13.2 Å². The number of thiazole rings is 1. The van der Waals surface area contributed by atoms with Crippen LogP contribution in [-0.2, 0) is 10.0 Å². The molecule has 0 spiro atoms. The van der Waals surface area contributed by atoms with Gasteiger partial charge in [-0.1, -0.05) is 11.3 Å². The van der Waals surface area contributed by atoms with Gasteiger partial charge in [0.25, 0.3) is 5.91 Å². The molecule has 8 nitrogen and oxygen atoms in total. The average molecular weight is 464 g/mol. The van der Waals surface area contributed by atoms with Crippen LogP contribution in [0.3, 0.4) is 0 Å². The summed E-state index contributed by atoms with van der Waals surface area (Å²) in [5, 5.41) is 2.60. The van der Waals surface area contributed by atoms with E-state index >= 15 is 0 Å². The predicted octanol–water partition coefficient (Wildman–Crippen LogP) is 2.50. The second kappa shape index (κ2) is 7.88. The first-order valence-electron chi connectivity index (χ1n) is 9.87. The smallest absolute Gasteiger partial charge is 0.265 e. The Morgan fingerprint density at radius 2 is 1.80 bits per heavy atom. The van der Waals surface area contributed by atoms with Crippen LogP contribution in [0.25, 0.3) is 10.3 Å². The van der Waals surface area contributed by atoms with Crippen LogP contribution < -0.4 is 4.90 Å². The first-order chi connectivity index (χ1) is 14.5. The van der Waals surface area contributed by atoms with Gasteiger partial charge in [0.15, 0.2) is 5.13 Å². The van der Waals surface area contributed by atoms with E-state index in [9.17, 15) is 13.2 Å². The molecule has 3 aromatic rings. The molecule has 30 heavy (non-hydrogen) atoms. The Morgan fingerprint density at radius 1 is 1.03 bits per heavy atom. The summed E-state index contributed by atoms with van der Waals surface area (Å²) >= 11 is 2.76. The summed E-state index contributed by atoms with van der Waals surface area (Å²) in [4.78, 5) is 27.4. The number of amides is 1. The van der Waals surface area contributed by atoms with Crippen LogP contribution in [0.2, 0.25) is 0 Å². The number of anilines is 1. The molecule has 0 radical (unpaired) electrons. The molecule has 0 bridgehead atoms. The van der Waals surface area contributed by atoms with Crippen molar-refractivity contribution in [2.45, 2.75) is 17.7 Å². The monoisotopic (exact) mass is 463 g/mol. The largest absolute Gasteiger partial charge is 0.344 e. The van der Waals surface area contributed by atoms with Crippen LogP contribution in [0.4, 0.5) is 5.13 Å². The lowest BCUT2D eigenvalue weighted by Crippen LogP contribution is -2.48. The highest BCUT2D eigenvalue weighted by Gasteiger charge is 2.34. The fourth-order valence-electron chi connectivity index (χ4n) is 3.86. The van der Waals surface area contributed by atoms with Gasteiger partial charge in [-0.2, -0.15) is 4.31 Å². The Balaban J connectivity index is 1.30. The molecule has 3 aromatic heterocycles. The van der Waals surface area contributed by atoms with Crippen molar-refractivity contribution in [2.24, 2.45) is 0 Å². The van der Waals surface area contributed by atoms with Crippen molar-refractivity contribution in [2.75, 3.05) is 44.2 Å². The Bertz CT molecular complexity index is 1140. The lowest BCUT2D eigenvalue weighted by molar-refractivity contribution is 0.0748. The number of carbonyl (C=O) groups is 1. The molecule has 1 amide bonds. The minimum Gasteiger partial charge on any atom is -0.344 e. The van der Waals surface area contributed by atoms with E-state index < -0.39 is 10.0 Å². The van der Waals surface area contributed by atoms with E-state index in [0.29, 0.717) is 44.1 Å². The molecule has 0 saturated carbocycles.